The first-order valence-electron chi connectivity index (χ1n) is 9.05. The van der Waals surface area contributed by atoms with Crippen LogP contribution in [0.25, 0.3) is 0 Å². The Morgan fingerprint density at radius 1 is 0.897 bits per heavy atom. The van der Waals surface area contributed by atoms with Gasteiger partial charge in [-0.15, -0.1) is 12.4 Å². The molecule has 0 fully saturated rings. The molecule has 154 valence electrons. The molecule has 3 rings (SSSR count). The molecule has 29 heavy (non-hydrogen) atoms. The number of rotatable bonds is 8. The highest BCUT2D eigenvalue weighted by molar-refractivity contribution is 6.32. The van der Waals surface area contributed by atoms with Crippen molar-refractivity contribution in [2.45, 2.75) is 26.6 Å². The van der Waals surface area contributed by atoms with Gasteiger partial charge in [-0.05, 0) is 47.9 Å². The minimum absolute atomic E-state index is 0. The number of hydrogen-bond acceptors (Lipinski definition) is 3. The fourth-order valence-electron chi connectivity index (χ4n) is 2.81. The van der Waals surface area contributed by atoms with Gasteiger partial charge in [-0.1, -0.05) is 53.6 Å². The fourth-order valence-corrected chi connectivity index (χ4v) is 3.10. The van der Waals surface area contributed by atoms with Crippen LogP contribution in [0, 0.1) is 12.7 Å². The van der Waals surface area contributed by atoms with E-state index in [9.17, 15) is 4.39 Å². The third-order valence-electron chi connectivity index (χ3n) is 4.36. The van der Waals surface area contributed by atoms with Gasteiger partial charge in [0.05, 0.1) is 12.1 Å². The minimum atomic E-state index is -0.276. The Bertz CT molecular complexity index is 915. The molecule has 0 amide bonds. The number of halogens is 3. The van der Waals surface area contributed by atoms with E-state index >= 15 is 0 Å². The van der Waals surface area contributed by atoms with Crippen LogP contribution in [-0.2, 0) is 19.7 Å². The van der Waals surface area contributed by atoms with Gasteiger partial charge in [-0.2, -0.15) is 0 Å². The Kier molecular flexibility index (Phi) is 8.77. The average Bonchev–Trinajstić information content (AvgIpc) is 2.69. The molecule has 0 spiro atoms. The predicted molar refractivity (Wildman–Crippen MR) is 118 cm³/mol. The van der Waals surface area contributed by atoms with Crippen molar-refractivity contribution in [3.8, 4) is 11.5 Å². The molecule has 0 radical (unpaired) electrons. The zero-order valence-electron chi connectivity index (χ0n) is 16.4. The highest BCUT2D eigenvalue weighted by atomic mass is 35.5. The summed E-state index contributed by atoms with van der Waals surface area (Å²) in [5.41, 5.74) is 4.32. The molecule has 3 nitrogen and oxygen atoms in total. The van der Waals surface area contributed by atoms with Gasteiger partial charge < -0.3 is 14.8 Å². The first kappa shape index (κ1) is 23.0. The van der Waals surface area contributed by atoms with Gasteiger partial charge in [-0.3, -0.25) is 0 Å². The van der Waals surface area contributed by atoms with E-state index in [-0.39, 0.29) is 24.8 Å². The van der Waals surface area contributed by atoms with Gasteiger partial charge in [0, 0.05) is 13.1 Å². The third-order valence-corrected chi connectivity index (χ3v) is 4.65. The molecule has 0 atom stereocenters. The lowest BCUT2D eigenvalue weighted by molar-refractivity contribution is 0.284. The molecular weight excluding hydrogens is 412 g/mol. The quantitative estimate of drug-likeness (QED) is 0.464. The van der Waals surface area contributed by atoms with Crippen molar-refractivity contribution in [2.75, 3.05) is 7.11 Å². The average molecular weight is 436 g/mol. The first-order valence-corrected chi connectivity index (χ1v) is 9.43. The monoisotopic (exact) mass is 435 g/mol. The Labute approximate surface area is 182 Å². The number of methoxy groups -OCH3 is 1. The molecule has 0 saturated carbocycles. The summed E-state index contributed by atoms with van der Waals surface area (Å²) in [6.07, 6.45) is 0. The third kappa shape index (κ3) is 6.64. The van der Waals surface area contributed by atoms with Gasteiger partial charge in [0.25, 0.3) is 0 Å². The zero-order chi connectivity index (χ0) is 19.9. The van der Waals surface area contributed by atoms with Crippen molar-refractivity contribution in [2.24, 2.45) is 0 Å². The van der Waals surface area contributed by atoms with Crippen LogP contribution in [0.1, 0.15) is 22.3 Å². The smallest absolute Gasteiger partial charge is 0.180 e. The van der Waals surface area contributed by atoms with E-state index in [2.05, 4.69) is 36.5 Å². The standard InChI is InChI=1S/C23H23ClFNO2.ClH/c1-16-3-5-17(6-4-16)13-26-14-19-11-21(24)23(22(12-19)27-2)28-15-18-7-9-20(25)10-8-18;/h3-12,26H,13-15H2,1-2H3;1H. The molecule has 0 aromatic heterocycles. The van der Waals surface area contributed by atoms with E-state index in [4.69, 9.17) is 21.1 Å². The lowest BCUT2D eigenvalue weighted by Gasteiger charge is -2.15. The first-order chi connectivity index (χ1) is 13.5. The number of hydrogen-bond donors (Lipinski definition) is 1. The van der Waals surface area contributed by atoms with Crippen LogP contribution in [0.5, 0.6) is 11.5 Å². The number of aryl methyl sites for hydroxylation is 1. The van der Waals surface area contributed by atoms with Crippen molar-refractivity contribution in [1.82, 2.24) is 5.32 Å². The Morgan fingerprint density at radius 3 is 2.17 bits per heavy atom. The highest BCUT2D eigenvalue weighted by Crippen LogP contribution is 2.37. The molecular formula is C23H24Cl2FNO2. The minimum Gasteiger partial charge on any atom is -0.493 e. The molecule has 0 heterocycles. The van der Waals surface area contributed by atoms with Crippen LogP contribution in [0.2, 0.25) is 5.02 Å². The fraction of sp³-hybridized carbons (Fsp3) is 0.217. The van der Waals surface area contributed by atoms with Crippen molar-refractivity contribution < 1.29 is 13.9 Å². The van der Waals surface area contributed by atoms with Crippen molar-refractivity contribution in [1.29, 1.82) is 0 Å². The number of nitrogens with one attached hydrogen (secondary N) is 1. The summed E-state index contributed by atoms with van der Waals surface area (Å²) in [6, 6.07) is 18.4. The SMILES string of the molecule is COc1cc(CNCc2ccc(C)cc2)cc(Cl)c1OCc1ccc(F)cc1.Cl. The maximum absolute atomic E-state index is 13.0. The van der Waals surface area contributed by atoms with Crippen LogP contribution >= 0.6 is 24.0 Å². The van der Waals surface area contributed by atoms with Gasteiger partial charge in [0.15, 0.2) is 11.5 Å². The van der Waals surface area contributed by atoms with Crippen molar-refractivity contribution in [3.63, 3.8) is 0 Å². The summed E-state index contributed by atoms with van der Waals surface area (Å²) >= 11 is 6.43. The van der Waals surface area contributed by atoms with E-state index in [0.717, 1.165) is 17.7 Å². The van der Waals surface area contributed by atoms with E-state index < -0.39 is 0 Å². The van der Waals surface area contributed by atoms with Crippen LogP contribution in [0.15, 0.2) is 60.7 Å². The van der Waals surface area contributed by atoms with Gasteiger partial charge in [0.1, 0.15) is 12.4 Å². The molecule has 6 heteroatoms. The number of benzene rings is 3. The van der Waals surface area contributed by atoms with Gasteiger partial charge >= 0.3 is 0 Å². The Hall–Kier alpha value is -2.27. The van der Waals surface area contributed by atoms with E-state index in [1.54, 1.807) is 19.2 Å². The predicted octanol–water partition coefficient (Wildman–Crippen LogP) is 6.09. The maximum atomic E-state index is 13.0. The van der Waals surface area contributed by atoms with Crippen molar-refractivity contribution >= 4 is 24.0 Å². The summed E-state index contributed by atoms with van der Waals surface area (Å²) in [5.74, 6) is 0.777. The highest BCUT2D eigenvalue weighted by Gasteiger charge is 2.12. The van der Waals surface area contributed by atoms with E-state index in [1.807, 2.05) is 12.1 Å². The van der Waals surface area contributed by atoms with Gasteiger partial charge in [-0.25, -0.2) is 4.39 Å². The lowest BCUT2D eigenvalue weighted by Crippen LogP contribution is -2.13. The van der Waals surface area contributed by atoms with Crippen LogP contribution in [-0.4, -0.2) is 7.11 Å². The topological polar surface area (TPSA) is 30.5 Å². The van der Waals surface area contributed by atoms with Crippen molar-refractivity contribution in [3.05, 3.63) is 93.8 Å². The largest absolute Gasteiger partial charge is 0.493 e. The second-order valence-electron chi connectivity index (χ2n) is 6.61. The molecule has 0 saturated heterocycles. The normalized spacial score (nSPS) is 10.3. The van der Waals surface area contributed by atoms with Crippen LogP contribution < -0.4 is 14.8 Å². The Balaban J connectivity index is 0.00000300. The van der Waals surface area contributed by atoms with Gasteiger partial charge in [0.2, 0.25) is 0 Å². The van der Waals surface area contributed by atoms with E-state index in [1.165, 1.54) is 23.3 Å². The summed E-state index contributed by atoms with van der Waals surface area (Å²) < 4.78 is 24.3. The number of ether oxygens (including phenoxy) is 2. The molecule has 0 unspecified atom stereocenters. The Morgan fingerprint density at radius 2 is 1.52 bits per heavy atom. The molecule has 0 aliphatic rings. The van der Waals surface area contributed by atoms with Crippen LogP contribution in [0.4, 0.5) is 4.39 Å². The van der Waals surface area contributed by atoms with Crippen LogP contribution in [0.3, 0.4) is 0 Å². The lowest BCUT2D eigenvalue weighted by atomic mass is 10.1. The molecule has 1 N–H and O–H groups in total. The maximum Gasteiger partial charge on any atom is 0.180 e. The second kappa shape index (κ2) is 11.1. The molecule has 3 aromatic carbocycles. The molecule has 0 bridgehead atoms. The summed E-state index contributed by atoms with van der Waals surface area (Å²) in [7, 11) is 1.58. The second-order valence-corrected chi connectivity index (χ2v) is 7.02. The van der Waals surface area contributed by atoms with E-state index in [0.29, 0.717) is 23.1 Å². The summed E-state index contributed by atoms with van der Waals surface area (Å²) in [6.45, 7) is 3.78. The summed E-state index contributed by atoms with van der Waals surface area (Å²) in [5, 5.41) is 3.89. The molecule has 3 aromatic rings. The summed E-state index contributed by atoms with van der Waals surface area (Å²) in [4.78, 5) is 0. The molecule has 0 aliphatic heterocycles. The zero-order valence-corrected chi connectivity index (χ0v) is 17.9. The molecule has 0 aliphatic carbocycles.